The molecule has 0 spiro atoms. The number of pyridine rings is 1. The lowest BCUT2D eigenvalue weighted by Crippen LogP contribution is -2.23. The van der Waals surface area contributed by atoms with Gasteiger partial charge in [0, 0.05) is 14.3 Å². The molecular weight excluding hydrogens is 220 g/mol. The molecule has 2 N–H and O–H groups in total. The van der Waals surface area contributed by atoms with Gasteiger partial charge in [0.15, 0.2) is 0 Å². The second-order valence-electron chi connectivity index (χ2n) is 4.88. The number of hydrogen-bond donors (Lipinski definition) is 1. The Morgan fingerprint density at radius 2 is 2.19 bits per heavy atom. The first kappa shape index (κ1) is 12.7. The number of amides is 1. The topological polar surface area (TPSA) is 65.2 Å². The van der Waals surface area contributed by atoms with Crippen LogP contribution in [0.3, 0.4) is 0 Å². The number of rotatable bonds is 5. The predicted octanol–water partition coefficient (Wildman–Crippen LogP) is 1.90. The van der Waals surface area contributed by atoms with Crippen molar-refractivity contribution in [2.75, 3.05) is 6.61 Å². The summed E-state index contributed by atoms with van der Waals surface area (Å²) >= 11 is 0. The number of carbonyl (C=O) groups is 1. The lowest BCUT2D eigenvalue weighted by atomic mass is 10.2. The summed E-state index contributed by atoms with van der Waals surface area (Å²) < 4.78 is 5.50. The molecule has 0 aromatic carbocycles. The molecule has 1 rings (SSSR count). The third-order valence-electron chi connectivity index (χ3n) is 2.13. The first-order valence-corrected chi connectivity index (χ1v) is 8.98. The van der Waals surface area contributed by atoms with Crippen LogP contribution in [0.1, 0.15) is 10.4 Å². The standard InChI is InChI=1S/C11H18N2O2Si/c1-16(2,3)8-7-15-11-9(10(12)14)5-4-6-13-11/h4-6H,7-8H2,1-3H3,(H2,12,14). The molecule has 16 heavy (non-hydrogen) atoms. The molecule has 0 fully saturated rings. The van der Waals surface area contributed by atoms with E-state index in [1.807, 2.05) is 0 Å². The van der Waals surface area contributed by atoms with Crippen molar-refractivity contribution in [2.24, 2.45) is 5.73 Å². The van der Waals surface area contributed by atoms with E-state index in [0.717, 1.165) is 6.04 Å². The number of carbonyl (C=O) groups excluding carboxylic acids is 1. The van der Waals surface area contributed by atoms with E-state index in [1.54, 1.807) is 18.3 Å². The van der Waals surface area contributed by atoms with Gasteiger partial charge in [0.05, 0.1) is 6.61 Å². The van der Waals surface area contributed by atoms with Crippen LogP contribution in [0.2, 0.25) is 25.7 Å². The number of ether oxygens (including phenoxy) is 1. The average Bonchev–Trinajstić information content (AvgIpc) is 2.16. The number of nitrogens with zero attached hydrogens (tertiary/aromatic N) is 1. The van der Waals surface area contributed by atoms with Gasteiger partial charge in [-0.3, -0.25) is 4.79 Å². The fraction of sp³-hybridized carbons (Fsp3) is 0.455. The van der Waals surface area contributed by atoms with Crippen molar-refractivity contribution in [3.63, 3.8) is 0 Å². The molecule has 1 aromatic heterocycles. The van der Waals surface area contributed by atoms with E-state index in [9.17, 15) is 4.79 Å². The van der Waals surface area contributed by atoms with E-state index < -0.39 is 14.0 Å². The SMILES string of the molecule is C[Si](C)(C)CCOc1ncccc1C(N)=O. The largest absolute Gasteiger partial charge is 0.477 e. The minimum atomic E-state index is -1.12. The third kappa shape index (κ3) is 4.02. The van der Waals surface area contributed by atoms with Crippen molar-refractivity contribution in [3.8, 4) is 5.88 Å². The van der Waals surface area contributed by atoms with E-state index in [2.05, 4.69) is 24.6 Å². The molecule has 1 aromatic rings. The van der Waals surface area contributed by atoms with Gasteiger partial charge in [-0.15, -0.1) is 0 Å². The molecule has 0 saturated heterocycles. The highest BCUT2D eigenvalue weighted by Crippen LogP contribution is 2.15. The Bertz CT molecular complexity index is 374. The summed E-state index contributed by atoms with van der Waals surface area (Å²) in [5, 5.41) is 0. The van der Waals surface area contributed by atoms with Crippen LogP contribution in [-0.2, 0) is 0 Å². The normalized spacial score (nSPS) is 11.2. The van der Waals surface area contributed by atoms with Crippen molar-refractivity contribution in [1.29, 1.82) is 0 Å². The molecule has 4 nitrogen and oxygen atoms in total. The van der Waals surface area contributed by atoms with Crippen molar-refractivity contribution in [3.05, 3.63) is 23.9 Å². The van der Waals surface area contributed by atoms with Crippen LogP contribution in [0.5, 0.6) is 5.88 Å². The van der Waals surface area contributed by atoms with E-state index in [-0.39, 0.29) is 0 Å². The molecule has 0 aliphatic carbocycles. The maximum atomic E-state index is 11.1. The zero-order chi connectivity index (χ0) is 12.2. The summed E-state index contributed by atoms with van der Waals surface area (Å²) in [7, 11) is -1.12. The molecule has 0 saturated carbocycles. The van der Waals surface area contributed by atoms with Crippen LogP contribution < -0.4 is 10.5 Å². The van der Waals surface area contributed by atoms with Crippen molar-refractivity contribution >= 4 is 14.0 Å². The highest BCUT2D eigenvalue weighted by atomic mass is 28.3. The summed E-state index contributed by atoms with van der Waals surface area (Å²) in [5.74, 6) is -0.163. The molecule has 0 unspecified atom stereocenters. The highest BCUT2D eigenvalue weighted by Gasteiger charge is 2.14. The number of nitrogens with two attached hydrogens (primary N) is 1. The zero-order valence-electron chi connectivity index (χ0n) is 9.99. The van der Waals surface area contributed by atoms with Gasteiger partial charge in [0.2, 0.25) is 5.88 Å². The Balaban J connectivity index is 2.64. The molecule has 1 heterocycles. The molecule has 0 bridgehead atoms. The number of hydrogen-bond acceptors (Lipinski definition) is 3. The fourth-order valence-corrected chi connectivity index (χ4v) is 1.86. The van der Waals surface area contributed by atoms with Gasteiger partial charge in [0.1, 0.15) is 5.56 Å². The minimum absolute atomic E-state index is 0.341. The average molecular weight is 238 g/mol. The maximum Gasteiger partial charge on any atom is 0.254 e. The first-order valence-electron chi connectivity index (χ1n) is 5.28. The van der Waals surface area contributed by atoms with Gasteiger partial charge >= 0.3 is 0 Å². The Labute approximate surface area is 96.8 Å². The molecule has 5 heteroatoms. The summed E-state index contributed by atoms with van der Waals surface area (Å²) in [5.41, 5.74) is 5.57. The molecule has 88 valence electrons. The summed E-state index contributed by atoms with van der Waals surface area (Å²) in [4.78, 5) is 15.1. The van der Waals surface area contributed by atoms with E-state index in [1.165, 1.54) is 0 Å². The first-order chi connectivity index (χ1) is 7.40. The van der Waals surface area contributed by atoms with Gasteiger partial charge in [-0.2, -0.15) is 0 Å². The number of aromatic nitrogens is 1. The van der Waals surface area contributed by atoms with Gasteiger partial charge in [0.25, 0.3) is 5.91 Å². The highest BCUT2D eigenvalue weighted by molar-refractivity contribution is 6.76. The van der Waals surface area contributed by atoms with E-state index in [4.69, 9.17) is 10.5 Å². The van der Waals surface area contributed by atoms with Crippen LogP contribution in [0.4, 0.5) is 0 Å². The van der Waals surface area contributed by atoms with Crippen LogP contribution >= 0.6 is 0 Å². The molecule has 0 aliphatic rings. The molecule has 0 radical (unpaired) electrons. The van der Waals surface area contributed by atoms with Crippen molar-refractivity contribution in [1.82, 2.24) is 4.98 Å². The molecule has 0 atom stereocenters. The number of primary amides is 1. The monoisotopic (exact) mass is 238 g/mol. The maximum absolute atomic E-state index is 11.1. The lowest BCUT2D eigenvalue weighted by molar-refractivity contribution is 0.0996. The molecular formula is C11H18N2O2Si. The summed E-state index contributed by atoms with van der Waals surface area (Å²) in [6, 6.07) is 4.33. The summed E-state index contributed by atoms with van der Waals surface area (Å²) in [6.07, 6.45) is 1.59. The Hall–Kier alpha value is -1.36. The Morgan fingerprint density at radius 3 is 2.75 bits per heavy atom. The molecule has 1 amide bonds. The van der Waals surface area contributed by atoms with Crippen molar-refractivity contribution < 1.29 is 9.53 Å². The minimum Gasteiger partial charge on any atom is -0.477 e. The summed E-state index contributed by atoms with van der Waals surface area (Å²) in [6.45, 7) is 7.39. The Kier molecular flexibility index (Phi) is 4.06. The van der Waals surface area contributed by atoms with Gasteiger partial charge in [-0.25, -0.2) is 4.98 Å². The van der Waals surface area contributed by atoms with Crippen LogP contribution in [0.15, 0.2) is 18.3 Å². The van der Waals surface area contributed by atoms with Crippen molar-refractivity contribution in [2.45, 2.75) is 25.7 Å². The lowest BCUT2D eigenvalue weighted by Gasteiger charge is -2.16. The second kappa shape index (κ2) is 5.11. The van der Waals surface area contributed by atoms with E-state index in [0.29, 0.717) is 18.1 Å². The smallest absolute Gasteiger partial charge is 0.254 e. The van der Waals surface area contributed by atoms with E-state index >= 15 is 0 Å². The molecule has 0 aliphatic heterocycles. The third-order valence-corrected chi connectivity index (χ3v) is 3.83. The zero-order valence-corrected chi connectivity index (χ0v) is 11.0. The predicted molar refractivity (Wildman–Crippen MR) is 66.4 cm³/mol. The van der Waals surface area contributed by atoms with Gasteiger partial charge in [-0.05, 0) is 18.2 Å². The van der Waals surface area contributed by atoms with Gasteiger partial charge < -0.3 is 10.5 Å². The fourth-order valence-electron chi connectivity index (χ4n) is 1.15. The Morgan fingerprint density at radius 1 is 1.50 bits per heavy atom. The van der Waals surface area contributed by atoms with Crippen LogP contribution in [0, 0.1) is 0 Å². The van der Waals surface area contributed by atoms with Crippen LogP contribution in [-0.4, -0.2) is 25.6 Å². The second-order valence-corrected chi connectivity index (χ2v) is 10.5. The quantitative estimate of drug-likeness (QED) is 0.797. The van der Waals surface area contributed by atoms with Gasteiger partial charge in [-0.1, -0.05) is 19.6 Å². The van der Waals surface area contributed by atoms with Crippen LogP contribution in [0.25, 0.3) is 0 Å².